The molecule has 0 radical (unpaired) electrons. The molecule has 0 rings (SSSR count). The van der Waals surface area contributed by atoms with Crippen molar-refractivity contribution in [3.05, 3.63) is 0 Å². The zero-order chi connectivity index (χ0) is 93.9. The molecule has 0 aliphatic carbocycles. The summed E-state index contributed by atoms with van der Waals surface area (Å²) in [5.41, 5.74) is 0. The van der Waals surface area contributed by atoms with E-state index in [0.29, 0.717) is 124 Å². The van der Waals surface area contributed by atoms with Crippen molar-refractivity contribution in [2.24, 2.45) is 0 Å². The van der Waals surface area contributed by atoms with Gasteiger partial charge >= 0.3 is 23.9 Å². The van der Waals surface area contributed by atoms with E-state index in [0.717, 1.165) is 96.3 Å². The van der Waals surface area contributed by atoms with Gasteiger partial charge in [0.15, 0.2) is 0 Å². The number of rotatable bonds is 103. The number of ether oxygens (including phenoxy) is 9. The third-order valence-electron chi connectivity index (χ3n) is 23.6. The molecule has 0 unspecified atom stereocenters. The van der Waals surface area contributed by atoms with Crippen molar-refractivity contribution in [1.29, 1.82) is 0 Å². The number of esters is 4. The molecule has 129 heavy (non-hydrogen) atoms. The molecule has 6 amide bonds. The lowest BCUT2D eigenvalue weighted by Crippen LogP contribution is -2.47. The molecular formula is C104H196N6O19. The van der Waals surface area contributed by atoms with Crippen LogP contribution in [0.25, 0.3) is 0 Å². The Kier molecular flexibility index (Phi) is 95.7. The van der Waals surface area contributed by atoms with Crippen LogP contribution in [0.2, 0.25) is 0 Å². The SMILES string of the molecule is CCCCCCCCCCCCCCCC(=O)OCCN(CCOC(=O)CCCCCCCCCCCCC)C(=O)CCCC(=O)NCCCC[C@@H](NC(=O)CCCC(=O)N(CCOC(=O)CCCCCCCCCCCCCCC)CCOC(=O)CCCCCCCCCCCCCCC)C(=O)NCCCOCCOCCOCCCNC(=O)CCOCCOCCC. The maximum Gasteiger partial charge on any atom is 0.305 e. The highest BCUT2D eigenvalue weighted by molar-refractivity contribution is 5.88. The molecule has 4 N–H and O–H groups in total. The minimum absolute atomic E-state index is 0.0113. The number of unbranched alkanes of at least 4 members (excludes halogenated alkanes) is 47. The van der Waals surface area contributed by atoms with Crippen molar-refractivity contribution < 1.29 is 90.6 Å². The molecule has 0 fully saturated rings. The van der Waals surface area contributed by atoms with Crippen molar-refractivity contribution in [1.82, 2.24) is 31.1 Å². The lowest BCUT2D eigenvalue weighted by Gasteiger charge is -2.23. The van der Waals surface area contributed by atoms with Crippen molar-refractivity contribution in [3.8, 4) is 0 Å². The van der Waals surface area contributed by atoms with E-state index in [1.807, 2.05) is 6.92 Å². The van der Waals surface area contributed by atoms with Crippen LogP contribution in [0.3, 0.4) is 0 Å². The topological polar surface area (TPSA) is 308 Å². The first-order chi connectivity index (χ1) is 63.2. The van der Waals surface area contributed by atoms with E-state index in [9.17, 15) is 47.9 Å². The van der Waals surface area contributed by atoms with Crippen LogP contribution in [0, 0.1) is 0 Å². The number of nitrogens with one attached hydrogen (secondary N) is 4. The lowest BCUT2D eigenvalue weighted by molar-refractivity contribution is -0.148. The van der Waals surface area contributed by atoms with Crippen LogP contribution in [0.4, 0.5) is 0 Å². The van der Waals surface area contributed by atoms with Gasteiger partial charge in [0.1, 0.15) is 32.5 Å². The highest BCUT2D eigenvalue weighted by Gasteiger charge is 2.23. The Morgan fingerprint density at radius 3 is 0.775 bits per heavy atom. The first kappa shape index (κ1) is 124. The molecule has 0 saturated heterocycles. The predicted molar refractivity (Wildman–Crippen MR) is 520 cm³/mol. The highest BCUT2D eigenvalue weighted by Crippen LogP contribution is 2.20. The summed E-state index contributed by atoms with van der Waals surface area (Å²) in [6, 6.07) is -0.926. The number of amides is 6. The number of nitrogens with zero attached hydrogens (tertiary/aromatic N) is 2. The number of carbonyl (C=O) groups is 10. The Bertz CT molecular complexity index is 2540. The Balaban J connectivity index is 5.81. The zero-order valence-corrected chi connectivity index (χ0v) is 83.5. The van der Waals surface area contributed by atoms with Gasteiger partial charge in [-0.3, -0.25) is 47.9 Å². The highest BCUT2D eigenvalue weighted by atomic mass is 16.6. The second-order valence-electron chi connectivity index (χ2n) is 35.7. The van der Waals surface area contributed by atoms with Crippen LogP contribution >= 0.6 is 0 Å². The second kappa shape index (κ2) is 100.0. The van der Waals surface area contributed by atoms with Gasteiger partial charge in [-0.15, -0.1) is 0 Å². The summed E-state index contributed by atoms with van der Waals surface area (Å²) in [6.07, 6.45) is 65.1. The molecule has 0 aromatic heterocycles. The Morgan fingerprint density at radius 2 is 0.465 bits per heavy atom. The average molecular weight is 1830 g/mol. The molecular weight excluding hydrogens is 1640 g/mol. The van der Waals surface area contributed by atoms with Gasteiger partial charge < -0.3 is 73.7 Å². The molecule has 0 aromatic carbocycles. The first-order valence-corrected chi connectivity index (χ1v) is 53.4. The van der Waals surface area contributed by atoms with Gasteiger partial charge in [-0.05, 0) is 77.0 Å². The third-order valence-corrected chi connectivity index (χ3v) is 23.6. The van der Waals surface area contributed by atoms with E-state index < -0.39 is 11.9 Å². The smallest absolute Gasteiger partial charge is 0.305 e. The third kappa shape index (κ3) is 91.4. The van der Waals surface area contributed by atoms with Gasteiger partial charge in [0.05, 0.1) is 72.4 Å². The molecule has 25 heteroatoms. The van der Waals surface area contributed by atoms with Crippen LogP contribution in [-0.4, -0.2) is 213 Å². The molecule has 0 aromatic rings. The van der Waals surface area contributed by atoms with Gasteiger partial charge in [0.2, 0.25) is 35.4 Å². The molecule has 0 aliphatic heterocycles. The largest absolute Gasteiger partial charge is 0.464 e. The van der Waals surface area contributed by atoms with E-state index >= 15 is 0 Å². The minimum atomic E-state index is -0.926. The molecule has 0 aliphatic rings. The Hall–Kier alpha value is -5.50. The lowest BCUT2D eigenvalue weighted by atomic mass is 10.0. The predicted octanol–water partition coefficient (Wildman–Crippen LogP) is 22.0. The van der Waals surface area contributed by atoms with Crippen molar-refractivity contribution in [3.63, 3.8) is 0 Å². The second-order valence-corrected chi connectivity index (χ2v) is 35.7. The van der Waals surface area contributed by atoms with Crippen molar-refractivity contribution >= 4 is 59.3 Å². The van der Waals surface area contributed by atoms with Gasteiger partial charge in [-0.25, -0.2) is 0 Å². The van der Waals surface area contributed by atoms with Crippen molar-refractivity contribution in [2.45, 2.75) is 471 Å². The molecule has 1 atom stereocenters. The fraction of sp³-hybridized carbons (Fsp3) is 0.904. The summed E-state index contributed by atoms with van der Waals surface area (Å²) in [6.45, 7) is 16.8. The Labute approximate surface area is 786 Å². The summed E-state index contributed by atoms with van der Waals surface area (Å²) in [7, 11) is 0. The van der Waals surface area contributed by atoms with E-state index in [1.165, 1.54) is 236 Å². The molecule has 0 heterocycles. The van der Waals surface area contributed by atoms with Gasteiger partial charge in [-0.1, -0.05) is 330 Å². The van der Waals surface area contributed by atoms with Crippen LogP contribution in [0.5, 0.6) is 0 Å². The summed E-state index contributed by atoms with van der Waals surface area (Å²) in [5.74, 6) is -2.88. The summed E-state index contributed by atoms with van der Waals surface area (Å²) in [5, 5.41) is 11.7. The van der Waals surface area contributed by atoms with E-state index in [1.54, 1.807) is 4.90 Å². The standard InChI is InChI=1S/C104H196N6O19/c1-6-11-15-19-23-27-31-34-38-42-46-50-54-69-101(117)127-85-77-109(76-84-126-100(116)68-53-49-45-41-37-30-26-22-18-14-9-4)98(114)66-59-64-95(111)105-73-58-57-63-94(104(120)107-75-62-82-123-90-93-125-92-89-122-81-61-74-106-96(112)72-83-124-91-88-121-80-10-5)108-97(113)65-60-67-99(115)110(78-86-128-102(118)70-55-51-47-43-39-35-32-28-24-20-16-12-7-2)79-87-129-103(119)71-56-52-48-44-40-36-33-29-25-21-17-13-8-3/h94H,6-93H2,1-5H3,(H,105,111)(H,106,112)(H,107,120)(H,108,113)/t94-/m1/s1. The maximum atomic E-state index is 14.0. The fourth-order valence-electron chi connectivity index (χ4n) is 15.5. The van der Waals surface area contributed by atoms with Crippen LogP contribution in [0.1, 0.15) is 465 Å². The normalized spacial score (nSPS) is 11.5. The summed E-state index contributed by atoms with van der Waals surface area (Å²) >= 11 is 0. The average Bonchev–Trinajstić information content (AvgIpc) is 0.893. The molecule has 0 spiro atoms. The summed E-state index contributed by atoms with van der Waals surface area (Å²) < 4.78 is 50.4. The van der Waals surface area contributed by atoms with E-state index in [4.69, 9.17) is 42.6 Å². The number of hydrogen-bond acceptors (Lipinski definition) is 19. The zero-order valence-electron chi connectivity index (χ0n) is 83.5. The maximum absolute atomic E-state index is 14.0. The minimum Gasteiger partial charge on any atom is -0.464 e. The summed E-state index contributed by atoms with van der Waals surface area (Å²) in [4.78, 5) is 135. The van der Waals surface area contributed by atoms with Gasteiger partial charge in [0.25, 0.3) is 0 Å². The molecule has 25 nitrogen and oxygen atoms in total. The van der Waals surface area contributed by atoms with Crippen LogP contribution in [0.15, 0.2) is 0 Å². The Morgan fingerprint density at radius 1 is 0.209 bits per heavy atom. The van der Waals surface area contributed by atoms with Crippen molar-refractivity contribution in [2.75, 3.05) is 138 Å². The van der Waals surface area contributed by atoms with Gasteiger partial charge in [0, 0.05) is 97.2 Å². The quantitative estimate of drug-likeness (QED) is 0.0250. The van der Waals surface area contributed by atoms with E-state index in [-0.39, 0.29) is 170 Å². The van der Waals surface area contributed by atoms with E-state index in [2.05, 4.69) is 49.0 Å². The monoisotopic (exact) mass is 1830 g/mol. The van der Waals surface area contributed by atoms with Crippen LogP contribution < -0.4 is 21.3 Å². The number of hydrogen-bond donors (Lipinski definition) is 4. The molecule has 756 valence electrons. The first-order valence-electron chi connectivity index (χ1n) is 53.4. The molecule has 0 saturated carbocycles. The van der Waals surface area contributed by atoms with Gasteiger partial charge in [-0.2, -0.15) is 0 Å². The van der Waals surface area contributed by atoms with Crippen LogP contribution in [-0.2, 0) is 90.6 Å². The fourth-order valence-corrected chi connectivity index (χ4v) is 15.5. The molecule has 0 bridgehead atoms. The number of carbonyl (C=O) groups excluding carboxylic acids is 10.